The second kappa shape index (κ2) is 7.97. The van der Waals surface area contributed by atoms with Crippen molar-refractivity contribution in [3.8, 4) is 5.75 Å². The number of nitrogens with zero attached hydrogens (tertiary/aromatic N) is 2. The van der Waals surface area contributed by atoms with Gasteiger partial charge in [-0.15, -0.1) is 0 Å². The van der Waals surface area contributed by atoms with Crippen molar-refractivity contribution in [3.63, 3.8) is 0 Å². The molecule has 1 aromatic heterocycles. The molecule has 0 amide bonds. The summed E-state index contributed by atoms with van der Waals surface area (Å²) >= 11 is 0. The number of fused-ring (bicyclic) bond motifs is 1. The van der Waals surface area contributed by atoms with E-state index in [1.165, 1.54) is 5.56 Å². The van der Waals surface area contributed by atoms with Crippen LogP contribution >= 0.6 is 0 Å². The molecule has 150 valence electrons. The van der Waals surface area contributed by atoms with Gasteiger partial charge in [-0.1, -0.05) is 42.5 Å². The number of hydrogen-bond donors (Lipinski definition) is 2. The molecule has 2 aromatic carbocycles. The summed E-state index contributed by atoms with van der Waals surface area (Å²) in [7, 11) is 1.62. The molecular formula is C22H24N4O3. The van der Waals surface area contributed by atoms with Gasteiger partial charge in [-0.3, -0.25) is 19.2 Å². The van der Waals surface area contributed by atoms with Gasteiger partial charge in [0.05, 0.1) is 25.9 Å². The Balaban J connectivity index is 1.64. The maximum Gasteiger partial charge on any atom is 0.330 e. The summed E-state index contributed by atoms with van der Waals surface area (Å²) in [5.41, 5.74) is 1.95. The van der Waals surface area contributed by atoms with E-state index in [-0.39, 0.29) is 11.6 Å². The van der Waals surface area contributed by atoms with E-state index in [1.807, 2.05) is 42.5 Å². The number of H-pyrrole nitrogens is 1. The summed E-state index contributed by atoms with van der Waals surface area (Å²) < 4.78 is 6.77. The van der Waals surface area contributed by atoms with E-state index in [0.29, 0.717) is 31.1 Å². The number of anilines is 1. The van der Waals surface area contributed by atoms with E-state index in [0.717, 1.165) is 11.3 Å². The number of nitrogens with one attached hydrogen (secondary N) is 2. The van der Waals surface area contributed by atoms with Gasteiger partial charge in [0.1, 0.15) is 11.6 Å². The van der Waals surface area contributed by atoms with Crippen LogP contribution in [-0.4, -0.2) is 28.2 Å². The Labute approximate surface area is 168 Å². The highest BCUT2D eigenvalue weighted by Crippen LogP contribution is 2.26. The maximum absolute atomic E-state index is 12.5. The zero-order valence-electron chi connectivity index (χ0n) is 16.5. The fourth-order valence-electron chi connectivity index (χ4n) is 3.68. The van der Waals surface area contributed by atoms with Crippen LogP contribution in [0.2, 0.25) is 0 Å². The average Bonchev–Trinajstić information content (AvgIpc) is 2.77. The molecular weight excluding hydrogens is 368 g/mol. The first-order chi connectivity index (χ1) is 14.1. The predicted molar refractivity (Wildman–Crippen MR) is 112 cm³/mol. The Kier molecular flexibility index (Phi) is 5.22. The molecule has 7 heteroatoms. The number of rotatable bonds is 5. The molecule has 1 unspecified atom stereocenters. The summed E-state index contributed by atoms with van der Waals surface area (Å²) in [4.78, 5) is 29.7. The topological polar surface area (TPSA) is 79.4 Å². The van der Waals surface area contributed by atoms with Crippen LogP contribution in [0, 0.1) is 0 Å². The van der Waals surface area contributed by atoms with E-state index < -0.39 is 5.69 Å². The van der Waals surface area contributed by atoms with Gasteiger partial charge >= 0.3 is 5.69 Å². The largest absolute Gasteiger partial charge is 0.497 e. The number of methoxy groups -OCH3 is 1. The second-order valence-electron chi connectivity index (χ2n) is 7.19. The normalized spacial score (nSPS) is 14.7. The summed E-state index contributed by atoms with van der Waals surface area (Å²) in [6.07, 6.45) is 0. The number of aromatic nitrogens is 2. The Morgan fingerprint density at radius 2 is 1.79 bits per heavy atom. The third-order valence-corrected chi connectivity index (χ3v) is 5.44. The molecule has 2 N–H and O–H groups in total. The Hall–Kier alpha value is -3.32. The Morgan fingerprint density at radius 3 is 2.48 bits per heavy atom. The van der Waals surface area contributed by atoms with Gasteiger partial charge in [-0.25, -0.2) is 4.79 Å². The summed E-state index contributed by atoms with van der Waals surface area (Å²) in [6, 6.07) is 17.8. The van der Waals surface area contributed by atoms with Gasteiger partial charge in [0, 0.05) is 12.6 Å². The molecule has 0 spiro atoms. The lowest BCUT2D eigenvalue weighted by molar-refractivity contribution is 0.206. The van der Waals surface area contributed by atoms with Gasteiger partial charge in [-0.2, -0.15) is 0 Å². The average molecular weight is 392 g/mol. The van der Waals surface area contributed by atoms with Crippen LogP contribution in [0.1, 0.15) is 29.7 Å². The van der Waals surface area contributed by atoms with Crippen molar-refractivity contribution in [1.29, 1.82) is 0 Å². The van der Waals surface area contributed by atoms with Gasteiger partial charge < -0.3 is 10.1 Å². The first-order valence-electron chi connectivity index (χ1n) is 9.58. The molecule has 0 saturated heterocycles. The fourth-order valence-corrected chi connectivity index (χ4v) is 3.68. The molecule has 1 aliphatic rings. The molecule has 0 bridgehead atoms. The first-order valence-corrected chi connectivity index (χ1v) is 9.58. The maximum atomic E-state index is 12.5. The van der Waals surface area contributed by atoms with E-state index in [4.69, 9.17) is 4.74 Å². The van der Waals surface area contributed by atoms with Crippen LogP contribution < -0.4 is 21.3 Å². The van der Waals surface area contributed by atoms with Crippen molar-refractivity contribution in [1.82, 2.24) is 14.5 Å². The minimum Gasteiger partial charge on any atom is -0.497 e. The standard InChI is InChI=1S/C22H24N4O3/c1-15(17-6-4-3-5-7-17)25-13-19-20(23-14-25)26(22(28)24-21(19)27)12-16-8-10-18(29-2)11-9-16/h3-11,15,23H,12-14H2,1-2H3,(H,24,27,28). The Morgan fingerprint density at radius 1 is 1.07 bits per heavy atom. The lowest BCUT2D eigenvalue weighted by Gasteiger charge is -2.35. The lowest BCUT2D eigenvalue weighted by atomic mass is 10.1. The first kappa shape index (κ1) is 19.0. The van der Waals surface area contributed by atoms with Gasteiger partial charge in [0.25, 0.3) is 5.56 Å². The highest BCUT2D eigenvalue weighted by Gasteiger charge is 2.26. The van der Waals surface area contributed by atoms with Gasteiger partial charge in [-0.05, 0) is 30.2 Å². The molecule has 7 nitrogen and oxygen atoms in total. The van der Waals surface area contributed by atoms with E-state index >= 15 is 0 Å². The molecule has 29 heavy (non-hydrogen) atoms. The smallest absolute Gasteiger partial charge is 0.330 e. The van der Waals surface area contributed by atoms with E-state index in [1.54, 1.807) is 11.7 Å². The minimum absolute atomic E-state index is 0.137. The minimum atomic E-state index is -0.415. The molecule has 0 saturated carbocycles. The number of hydrogen-bond acceptors (Lipinski definition) is 5. The zero-order valence-corrected chi connectivity index (χ0v) is 16.5. The Bertz CT molecular complexity index is 1100. The van der Waals surface area contributed by atoms with Crippen molar-refractivity contribution in [2.75, 3.05) is 19.1 Å². The predicted octanol–water partition coefficient (Wildman–Crippen LogP) is 2.54. The highest BCUT2D eigenvalue weighted by molar-refractivity contribution is 5.46. The number of ether oxygens (including phenoxy) is 1. The third kappa shape index (κ3) is 3.82. The molecule has 4 rings (SSSR count). The SMILES string of the molecule is COc1ccc(Cn2c3c(c(=O)[nH]c2=O)CN(C(C)c2ccccc2)CN3)cc1. The van der Waals surface area contributed by atoms with Crippen LogP contribution in [0.4, 0.5) is 5.82 Å². The summed E-state index contributed by atoms with van der Waals surface area (Å²) in [5, 5.41) is 3.30. The van der Waals surface area contributed by atoms with Gasteiger partial charge in [0.15, 0.2) is 0 Å². The molecule has 3 aromatic rings. The quantitative estimate of drug-likeness (QED) is 0.698. The van der Waals surface area contributed by atoms with Crippen LogP contribution in [0.3, 0.4) is 0 Å². The van der Waals surface area contributed by atoms with Crippen molar-refractivity contribution >= 4 is 5.82 Å². The van der Waals surface area contributed by atoms with Crippen molar-refractivity contribution in [2.24, 2.45) is 0 Å². The van der Waals surface area contributed by atoms with Crippen LogP contribution in [0.25, 0.3) is 0 Å². The number of aromatic amines is 1. The van der Waals surface area contributed by atoms with Crippen LogP contribution in [0.15, 0.2) is 64.2 Å². The van der Waals surface area contributed by atoms with Crippen molar-refractivity contribution < 1.29 is 4.74 Å². The van der Waals surface area contributed by atoms with E-state index in [2.05, 4.69) is 34.3 Å². The highest BCUT2D eigenvalue weighted by atomic mass is 16.5. The molecule has 0 aliphatic carbocycles. The third-order valence-electron chi connectivity index (χ3n) is 5.44. The summed E-state index contributed by atoms with van der Waals surface area (Å²) in [6.45, 7) is 3.50. The second-order valence-corrected chi connectivity index (χ2v) is 7.19. The van der Waals surface area contributed by atoms with Gasteiger partial charge in [0.2, 0.25) is 0 Å². The molecule has 0 fully saturated rings. The lowest BCUT2D eigenvalue weighted by Crippen LogP contribution is -2.44. The molecule has 1 aliphatic heterocycles. The van der Waals surface area contributed by atoms with Crippen molar-refractivity contribution in [2.45, 2.75) is 26.1 Å². The van der Waals surface area contributed by atoms with E-state index in [9.17, 15) is 9.59 Å². The summed E-state index contributed by atoms with van der Waals surface area (Å²) in [5.74, 6) is 1.35. The molecule has 2 heterocycles. The monoisotopic (exact) mass is 392 g/mol. The van der Waals surface area contributed by atoms with Crippen LogP contribution in [0.5, 0.6) is 5.75 Å². The molecule has 1 atom stereocenters. The molecule has 0 radical (unpaired) electrons. The zero-order chi connectivity index (χ0) is 20.4. The number of benzene rings is 2. The fraction of sp³-hybridized carbons (Fsp3) is 0.273. The van der Waals surface area contributed by atoms with Crippen molar-refractivity contribution in [3.05, 3.63) is 92.1 Å². The van der Waals surface area contributed by atoms with Crippen LogP contribution in [-0.2, 0) is 13.1 Å².